The van der Waals surface area contributed by atoms with Gasteiger partial charge in [-0.05, 0) is 24.1 Å². The molecule has 0 fully saturated rings. The summed E-state index contributed by atoms with van der Waals surface area (Å²) in [5, 5.41) is 9.94. The molecule has 0 aliphatic carbocycles. The molecule has 4 N–H and O–H groups in total. The molecule has 5 nitrogen and oxygen atoms in total. The predicted molar refractivity (Wildman–Crippen MR) is 76.9 cm³/mol. The number of benzene rings is 1. The van der Waals surface area contributed by atoms with Gasteiger partial charge in [0.05, 0.1) is 6.04 Å². The van der Waals surface area contributed by atoms with Crippen LogP contribution in [0.3, 0.4) is 0 Å². The third kappa shape index (κ3) is 2.85. The van der Waals surface area contributed by atoms with Gasteiger partial charge in [0.1, 0.15) is 11.4 Å². The number of nitrogens with zero attached hydrogens (tertiary/aromatic N) is 1. The second-order valence-electron chi connectivity index (χ2n) is 4.17. The minimum Gasteiger partial charge on any atom is -0.493 e. The number of nitrogens with one attached hydrogen (secondary N) is 1. The fourth-order valence-electron chi connectivity index (χ4n) is 1.72. The zero-order valence-electron chi connectivity index (χ0n) is 10.4. The van der Waals surface area contributed by atoms with Gasteiger partial charge in [-0.25, -0.2) is 0 Å². The number of halogens is 1. The number of nitrogens with two attached hydrogens (primary N) is 1. The molecule has 0 bridgehead atoms. The highest BCUT2D eigenvalue weighted by Crippen LogP contribution is 2.25. The molecule has 1 atom stereocenters. The Bertz CT molecular complexity index is 637. The van der Waals surface area contributed by atoms with Gasteiger partial charge in [-0.15, -0.1) is 0 Å². The molecular weight excluding hydrogens is 310 g/mol. The molecule has 6 heteroatoms. The minimum absolute atomic E-state index is 0.152. The van der Waals surface area contributed by atoms with E-state index in [1.807, 2.05) is 6.92 Å². The zero-order chi connectivity index (χ0) is 14.0. The van der Waals surface area contributed by atoms with Crippen LogP contribution >= 0.6 is 15.9 Å². The summed E-state index contributed by atoms with van der Waals surface area (Å²) in [5.41, 5.74) is 6.15. The van der Waals surface area contributed by atoms with Gasteiger partial charge in [0, 0.05) is 4.47 Å². The lowest BCUT2D eigenvalue weighted by molar-refractivity contribution is 0.446. The van der Waals surface area contributed by atoms with Gasteiger partial charge in [0.25, 0.3) is 5.56 Å². The van der Waals surface area contributed by atoms with E-state index in [2.05, 4.69) is 25.9 Å². The van der Waals surface area contributed by atoms with Gasteiger partial charge in [-0.1, -0.05) is 35.0 Å². The molecule has 0 aliphatic rings. The van der Waals surface area contributed by atoms with Crippen molar-refractivity contribution in [3.63, 3.8) is 0 Å². The number of hydrogen-bond donors (Lipinski definition) is 3. The smallest absolute Gasteiger partial charge is 0.262 e. The van der Waals surface area contributed by atoms with Crippen molar-refractivity contribution in [2.24, 2.45) is 5.73 Å². The van der Waals surface area contributed by atoms with Crippen LogP contribution in [-0.2, 0) is 0 Å². The summed E-state index contributed by atoms with van der Waals surface area (Å²) in [6.07, 6.45) is 0.625. The lowest BCUT2D eigenvalue weighted by Gasteiger charge is -2.10. The van der Waals surface area contributed by atoms with Gasteiger partial charge in [0.2, 0.25) is 5.88 Å². The highest BCUT2D eigenvalue weighted by molar-refractivity contribution is 9.10. The van der Waals surface area contributed by atoms with Gasteiger partial charge >= 0.3 is 0 Å². The van der Waals surface area contributed by atoms with Crippen LogP contribution in [0.5, 0.6) is 5.88 Å². The first-order valence-corrected chi connectivity index (χ1v) is 6.67. The Balaban J connectivity index is 2.54. The Labute approximate surface area is 118 Å². The van der Waals surface area contributed by atoms with Crippen LogP contribution in [0.25, 0.3) is 11.1 Å². The van der Waals surface area contributed by atoms with Gasteiger partial charge in [0.15, 0.2) is 0 Å². The maximum Gasteiger partial charge on any atom is 0.262 e. The summed E-state index contributed by atoms with van der Waals surface area (Å²) in [5.74, 6) is -0.00386. The van der Waals surface area contributed by atoms with Gasteiger partial charge in [-0.3, -0.25) is 4.79 Å². The van der Waals surface area contributed by atoms with E-state index < -0.39 is 11.6 Å². The number of hydrogen-bond acceptors (Lipinski definition) is 4. The summed E-state index contributed by atoms with van der Waals surface area (Å²) >= 11 is 3.31. The van der Waals surface area contributed by atoms with Crippen LogP contribution in [0.4, 0.5) is 0 Å². The van der Waals surface area contributed by atoms with Crippen LogP contribution < -0.4 is 11.3 Å². The van der Waals surface area contributed by atoms with Crippen molar-refractivity contribution in [3.05, 3.63) is 44.9 Å². The molecule has 1 heterocycles. The van der Waals surface area contributed by atoms with Crippen molar-refractivity contribution >= 4 is 15.9 Å². The van der Waals surface area contributed by atoms with E-state index in [0.29, 0.717) is 17.8 Å². The van der Waals surface area contributed by atoms with E-state index in [0.717, 1.165) is 4.47 Å². The highest BCUT2D eigenvalue weighted by atomic mass is 79.9. The number of aromatic nitrogens is 2. The highest BCUT2D eigenvalue weighted by Gasteiger charge is 2.15. The van der Waals surface area contributed by atoms with Crippen molar-refractivity contribution in [3.8, 4) is 17.0 Å². The second-order valence-corrected chi connectivity index (χ2v) is 5.09. The molecule has 1 unspecified atom stereocenters. The lowest BCUT2D eigenvalue weighted by atomic mass is 10.1. The maximum atomic E-state index is 12.0. The van der Waals surface area contributed by atoms with Crippen LogP contribution in [0.2, 0.25) is 0 Å². The predicted octanol–water partition coefficient (Wildman–Crippen LogP) is 2.31. The summed E-state index contributed by atoms with van der Waals surface area (Å²) in [6.45, 7) is 1.88. The van der Waals surface area contributed by atoms with Crippen molar-refractivity contribution in [2.75, 3.05) is 0 Å². The van der Waals surface area contributed by atoms with Crippen LogP contribution in [0.1, 0.15) is 25.2 Å². The SMILES string of the molecule is CCC(N)c1nc(O)c(-c2ccc(Br)cc2)c(=O)[nH]1. The summed E-state index contributed by atoms with van der Waals surface area (Å²) in [4.78, 5) is 18.6. The fraction of sp³-hybridized carbons (Fsp3) is 0.231. The van der Waals surface area contributed by atoms with Crippen molar-refractivity contribution in [2.45, 2.75) is 19.4 Å². The van der Waals surface area contributed by atoms with E-state index in [1.165, 1.54) is 0 Å². The van der Waals surface area contributed by atoms with Gasteiger partial charge in [-0.2, -0.15) is 4.98 Å². The quantitative estimate of drug-likeness (QED) is 0.808. The third-order valence-electron chi connectivity index (χ3n) is 2.84. The van der Waals surface area contributed by atoms with E-state index in [1.54, 1.807) is 24.3 Å². The first kappa shape index (κ1) is 13.8. The number of rotatable bonds is 3. The summed E-state index contributed by atoms with van der Waals surface area (Å²) in [6, 6.07) is 6.66. The molecule has 0 amide bonds. The average molecular weight is 324 g/mol. The third-order valence-corrected chi connectivity index (χ3v) is 3.37. The standard InChI is InChI=1S/C13H14BrN3O2/c1-2-9(15)11-16-12(18)10(13(19)17-11)7-3-5-8(14)6-4-7/h3-6,9H,2,15H2,1H3,(H2,16,17,18,19). The Kier molecular flexibility index (Phi) is 4.01. The zero-order valence-corrected chi connectivity index (χ0v) is 11.9. The molecule has 2 rings (SSSR count). The first-order valence-electron chi connectivity index (χ1n) is 5.87. The minimum atomic E-state index is -0.395. The summed E-state index contributed by atoms with van der Waals surface area (Å²) in [7, 11) is 0. The van der Waals surface area contributed by atoms with E-state index in [-0.39, 0.29) is 11.4 Å². The monoisotopic (exact) mass is 323 g/mol. The van der Waals surface area contributed by atoms with Crippen LogP contribution in [0, 0.1) is 0 Å². The van der Waals surface area contributed by atoms with Crippen LogP contribution in [-0.4, -0.2) is 15.1 Å². The molecule has 0 spiro atoms. The number of aromatic hydroxyl groups is 1. The molecule has 1 aromatic carbocycles. The topological polar surface area (TPSA) is 92.0 Å². The molecule has 19 heavy (non-hydrogen) atoms. The molecule has 100 valence electrons. The Morgan fingerprint density at radius 2 is 2.05 bits per heavy atom. The lowest BCUT2D eigenvalue weighted by Crippen LogP contribution is -2.20. The van der Waals surface area contributed by atoms with Crippen LogP contribution in [0.15, 0.2) is 33.5 Å². The van der Waals surface area contributed by atoms with Gasteiger partial charge < -0.3 is 15.8 Å². The fourth-order valence-corrected chi connectivity index (χ4v) is 1.99. The molecule has 0 aliphatic heterocycles. The van der Waals surface area contributed by atoms with Crippen molar-refractivity contribution in [1.82, 2.24) is 9.97 Å². The molecule has 1 aromatic heterocycles. The molecule has 0 saturated heterocycles. The van der Waals surface area contributed by atoms with E-state index in [9.17, 15) is 9.90 Å². The average Bonchev–Trinajstić information content (AvgIpc) is 2.39. The largest absolute Gasteiger partial charge is 0.493 e. The molecular formula is C13H14BrN3O2. The molecule has 0 radical (unpaired) electrons. The second kappa shape index (κ2) is 5.54. The Morgan fingerprint density at radius 3 is 2.58 bits per heavy atom. The first-order chi connectivity index (χ1) is 9.02. The number of aromatic amines is 1. The van der Waals surface area contributed by atoms with E-state index >= 15 is 0 Å². The van der Waals surface area contributed by atoms with Crippen molar-refractivity contribution in [1.29, 1.82) is 0 Å². The molecule has 0 saturated carbocycles. The van der Waals surface area contributed by atoms with Crippen molar-refractivity contribution < 1.29 is 5.11 Å². The normalized spacial score (nSPS) is 12.4. The van der Waals surface area contributed by atoms with E-state index in [4.69, 9.17) is 5.73 Å². The summed E-state index contributed by atoms with van der Waals surface area (Å²) < 4.78 is 0.893. The number of H-pyrrole nitrogens is 1. The maximum absolute atomic E-state index is 12.0. The Morgan fingerprint density at radius 1 is 1.42 bits per heavy atom. The Hall–Kier alpha value is -1.66. The molecule has 2 aromatic rings.